The van der Waals surface area contributed by atoms with Gasteiger partial charge in [-0.3, -0.25) is 4.84 Å². The summed E-state index contributed by atoms with van der Waals surface area (Å²) in [5, 5.41) is 0. The lowest BCUT2D eigenvalue weighted by atomic mass is 10.1. The van der Waals surface area contributed by atoms with Crippen LogP contribution in [0.15, 0.2) is 30.3 Å². The van der Waals surface area contributed by atoms with Crippen molar-refractivity contribution in [3.8, 4) is 0 Å². The highest BCUT2D eigenvalue weighted by molar-refractivity contribution is 5.17. The zero-order chi connectivity index (χ0) is 8.81. The number of hydrogen-bond donors (Lipinski definition) is 1. The molecule has 0 saturated heterocycles. The van der Waals surface area contributed by atoms with E-state index in [2.05, 4.69) is 0 Å². The van der Waals surface area contributed by atoms with Gasteiger partial charge in [-0.2, -0.15) is 0 Å². The lowest BCUT2D eigenvalue weighted by molar-refractivity contribution is -0.00445. The van der Waals surface area contributed by atoms with Crippen LogP contribution in [0.25, 0.3) is 0 Å². The number of benzene rings is 1. The van der Waals surface area contributed by atoms with E-state index in [0.29, 0.717) is 6.61 Å². The van der Waals surface area contributed by atoms with Crippen LogP contribution in [-0.2, 0) is 9.57 Å². The van der Waals surface area contributed by atoms with Crippen LogP contribution in [0.3, 0.4) is 0 Å². The van der Waals surface area contributed by atoms with Crippen LogP contribution in [0.2, 0.25) is 0 Å². The minimum Gasteiger partial charge on any atom is -0.382 e. The second kappa shape index (κ2) is 4.87. The van der Waals surface area contributed by atoms with Crippen LogP contribution in [0, 0.1) is 0 Å². The van der Waals surface area contributed by atoms with E-state index in [-0.39, 0.29) is 6.10 Å². The summed E-state index contributed by atoms with van der Waals surface area (Å²) in [6.45, 7) is 0.473. The van der Waals surface area contributed by atoms with E-state index in [1.165, 1.54) is 0 Å². The van der Waals surface area contributed by atoms with Crippen LogP contribution in [0.5, 0.6) is 0 Å². The van der Waals surface area contributed by atoms with E-state index < -0.39 is 0 Å². The van der Waals surface area contributed by atoms with Crippen molar-refractivity contribution in [1.82, 2.24) is 0 Å². The van der Waals surface area contributed by atoms with Gasteiger partial charge in [0.05, 0.1) is 6.61 Å². The third-order valence-electron chi connectivity index (χ3n) is 1.65. The minimum absolute atomic E-state index is 0.170. The number of methoxy groups -OCH3 is 1. The van der Waals surface area contributed by atoms with E-state index in [4.69, 9.17) is 15.5 Å². The smallest absolute Gasteiger partial charge is 0.127 e. The Bertz CT molecular complexity index is 213. The zero-order valence-electron chi connectivity index (χ0n) is 7.07. The number of hydrogen-bond acceptors (Lipinski definition) is 3. The Morgan fingerprint density at radius 3 is 2.50 bits per heavy atom. The van der Waals surface area contributed by atoms with E-state index in [1.807, 2.05) is 30.3 Å². The molecule has 1 aromatic rings. The van der Waals surface area contributed by atoms with Crippen LogP contribution in [-0.4, -0.2) is 13.7 Å². The second-order valence-electron chi connectivity index (χ2n) is 2.49. The van der Waals surface area contributed by atoms with Crippen molar-refractivity contribution >= 4 is 0 Å². The Labute approximate surface area is 72.0 Å². The maximum Gasteiger partial charge on any atom is 0.127 e. The summed E-state index contributed by atoms with van der Waals surface area (Å²) in [4.78, 5) is 4.75. The van der Waals surface area contributed by atoms with Crippen LogP contribution in [0.4, 0.5) is 0 Å². The fourth-order valence-corrected chi connectivity index (χ4v) is 1.03. The first-order valence-corrected chi connectivity index (χ1v) is 3.78. The van der Waals surface area contributed by atoms with Gasteiger partial charge < -0.3 is 4.74 Å². The second-order valence-corrected chi connectivity index (χ2v) is 2.49. The van der Waals surface area contributed by atoms with Gasteiger partial charge in [0, 0.05) is 7.11 Å². The van der Waals surface area contributed by atoms with Crippen molar-refractivity contribution in [2.45, 2.75) is 6.10 Å². The molecule has 0 fully saturated rings. The van der Waals surface area contributed by atoms with Crippen LogP contribution in [0.1, 0.15) is 11.7 Å². The first-order valence-electron chi connectivity index (χ1n) is 3.78. The molecular formula is C9H13NO2. The van der Waals surface area contributed by atoms with Crippen molar-refractivity contribution in [1.29, 1.82) is 0 Å². The monoisotopic (exact) mass is 167 g/mol. The molecule has 66 valence electrons. The van der Waals surface area contributed by atoms with Crippen molar-refractivity contribution in [3.63, 3.8) is 0 Å². The predicted molar refractivity (Wildman–Crippen MR) is 46.3 cm³/mol. The van der Waals surface area contributed by atoms with Gasteiger partial charge in [-0.1, -0.05) is 30.3 Å². The Kier molecular flexibility index (Phi) is 3.73. The molecule has 1 unspecified atom stereocenters. The first kappa shape index (κ1) is 9.19. The standard InChI is InChI=1S/C9H13NO2/c1-11-7-9(12-10)8-5-3-2-4-6-8/h2-6,9H,7,10H2,1H3. The summed E-state index contributed by atoms with van der Waals surface area (Å²) < 4.78 is 4.94. The maximum absolute atomic E-state index is 5.11. The average Bonchev–Trinajstić information content (AvgIpc) is 2.15. The fourth-order valence-electron chi connectivity index (χ4n) is 1.03. The SMILES string of the molecule is COCC(ON)c1ccccc1. The number of ether oxygens (including phenoxy) is 1. The van der Waals surface area contributed by atoms with Gasteiger partial charge in [-0.15, -0.1) is 0 Å². The quantitative estimate of drug-likeness (QED) is 0.687. The van der Waals surface area contributed by atoms with Crippen molar-refractivity contribution in [2.24, 2.45) is 5.90 Å². The molecular weight excluding hydrogens is 154 g/mol. The van der Waals surface area contributed by atoms with Gasteiger partial charge in [-0.05, 0) is 5.56 Å². The molecule has 1 atom stereocenters. The molecule has 0 aliphatic rings. The summed E-state index contributed by atoms with van der Waals surface area (Å²) in [6, 6.07) is 9.74. The molecule has 3 nitrogen and oxygen atoms in total. The highest BCUT2D eigenvalue weighted by Gasteiger charge is 2.08. The maximum atomic E-state index is 5.11. The normalized spacial score (nSPS) is 12.8. The lowest BCUT2D eigenvalue weighted by Gasteiger charge is -2.12. The largest absolute Gasteiger partial charge is 0.382 e. The molecule has 0 aliphatic heterocycles. The molecule has 0 amide bonds. The molecule has 12 heavy (non-hydrogen) atoms. The lowest BCUT2D eigenvalue weighted by Crippen LogP contribution is -2.14. The third-order valence-corrected chi connectivity index (χ3v) is 1.65. The van der Waals surface area contributed by atoms with Gasteiger partial charge in [0.25, 0.3) is 0 Å². The van der Waals surface area contributed by atoms with Crippen LogP contribution >= 0.6 is 0 Å². The Balaban J connectivity index is 2.66. The first-order chi connectivity index (χ1) is 5.88. The molecule has 0 heterocycles. The zero-order valence-corrected chi connectivity index (χ0v) is 7.07. The Hall–Kier alpha value is -0.900. The molecule has 3 heteroatoms. The molecule has 0 saturated carbocycles. The summed E-state index contributed by atoms with van der Waals surface area (Å²) >= 11 is 0. The van der Waals surface area contributed by atoms with Crippen molar-refractivity contribution < 1.29 is 9.57 Å². The molecule has 0 aromatic heterocycles. The topological polar surface area (TPSA) is 44.5 Å². The van der Waals surface area contributed by atoms with Crippen molar-refractivity contribution in [3.05, 3.63) is 35.9 Å². The van der Waals surface area contributed by atoms with Gasteiger partial charge in [-0.25, -0.2) is 5.90 Å². The number of nitrogens with two attached hydrogens (primary N) is 1. The van der Waals surface area contributed by atoms with E-state index >= 15 is 0 Å². The molecule has 1 rings (SSSR count). The highest BCUT2D eigenvalue weighted by atomic mass is 16.6. The van der Waals surface area contributed by atoms with Gasteiger partial charge in [0.2, 0.25) is 0 Å². The fraction of sp³-hybridized carbons (Fsp3) is 0.333. The van der Waals surface area contributed by atoms with Gasteiger partial charge in [0.15, 0.2) is 0 Å². The summed E-state index contributed by atoms with van der Waals surface area (Å²) in [5.41, 5.74) is 1.03. The third kappa shape index (κ3) is 2.30. The molecule has 0 bridgehead atoms. The predicted octanol–water partition coefficient (Wildman–Crippen LogP) is 1.26. The Morgan fingerprint density at radius 2 is 2.00 bits per heavy atom. The highest BCUT2D eigenvalue weighted by Crippen LogP contribution is 2.14. The summed E-state index contributed by atoms with van der Waals surface area (Å²) in [5.74, 6) is 5.11. The average molecular weight is 167 g/mol. The van der Waals surface area contributed by atoms with E-state index in [9.17, 15) is 0 Å². The molecule has 0 aliphatic carbocycles. The molecule has 2 N–H and O–H groups in total. The van der Waals surface area contributed by atoms with Gasteiger partial charge in [0.1, 0.15) is 6.10 Å². The molecule has 0 spiro atoms. The van der Waals surface area contributed by atoms with Crippen LogP contribution < -0.4 is 5.90 Å². The minimum atomic E-state index is -0.170. The molecule has 0 radical (unpaired) electrons. The molecule has 1 aromatic carbocycles. The summed E-state index contributed by atoms with van der Waals surface area (Å²) in [7, 11) is 1.62. The van der Waals surface area contributed by atoms with Gasteiger partial charge >= 0.3 is 0 Å². The Morgan fingerprint density at radius 1 is 1.33 bits per heavy atom. The van der Waals surface area contributed by atoms with E-state index in [1.54, 1.807) is 7.11 Å². The summed E-state index contributed by atoms with van der Waals surface area (Å²) in [6.07, 6.45) is -0.170. The number of rotatable bonds is 4. The van der Waals surface area contributed by atoms with E-state index in [0.717, 1.165) is 5.56 Å². The van der Waals surface area contributed by atoms with Crippen molar-refractivity contribution in [2.75, 3.05) is 13.7 Å².